The highest BCUT2D eigenvalue weighted by Gasteiger charge is 2.34. The lowest BCUT2D eigenvalue weighted by Crippen LogP contribution is -2.25. The molecule has 0 unspecified atom stereocenters. The van der Waals surface area contributed by atoms with Crippen LogP contribution in [0.2, 0.25) is 0 Å². The highest BCUT2D eigenvalue weighted by Crippen LogP contribution is 2.35. The van der Waals surface area contributed by atoms with Crippen LogP contribution in [0.1, 0.15) is 60.0 Å². The van der Waals surface area contributed by atoms with Gasteiger partial charge in [0.2, 0.25) is 16.9 Å². The van der Waals surface area contributed by atoms with Gasteiger partial charge >= 0.3 is 0 Å². The molecule has 2 N–H and O–H groups in total. The first-order valence-corrected chi connectivity index (χ1v) is 12.2. The molecule has 9 heteroatoms. The van der Waals surface area contributed by atoms with Crippen LogP contribution in [0.3, 0.4) is 0 Å². The number of rotatable bonds is 8. The Bertz CT molecular complexity index is 1190. The smallest absolute Gasteiger partial charge is 0.257 e. The van der Waals surface area contributed by atoms with E-state index in [4.69, 9.17) is 0 Å². The first-order chi connectivity index (χ1) is 16.5. The molecule has 1 aromatic heterocycles. The fourth-order valence-electron chi connectivity index (χ4n) is 3.95. The first-order valence-electron chi connectivity index (χ1n) is 11.4. The SMILES string of the molecule is CCCC(=O)Nc1ccc(C(=O)Nc2nnc([C@@H]3CC(=O)N(c4ccccc4CC)C3)s2)cc1. The summed E-state index contributed by atoms with van der Waals surface area (Å²) < 4.78 is 0. The number of amides is 3. The molecule has 4 rings (SSSR count). The number of benzene rings is 2. The molecule has 1 atom stereocenters. The third-order valence-corrected chi connectivity index (χ3v) is 6.71. The van der Waals surface area contributed by atoms with Crippen molar-refractivity contribution in [3.05, 3.63) is 64.7 Å². The van der Waals surface area contributed by atoms with Crippen LogP contribution in [0.5, 0.6) is 0 Å². The molecule has 8 nitrogen and oxygen atoms in total. The zero-order valence-electron chi connectivity index (χ0n) is 19.2. The van der Waals surface area contributed by atoms with Gasteiger partial charge in [0.1, 0.15) is 5.01 Å². The lowest BCUT2D eigenvalue weighted by Gasteiger charge is -2.19. The first kappa shape index (κ1) is 23.6. The molecule has 0 spiro atoms. The minimum Gasteiger partial charge on any atom is -0.326 e. The van der Waals surface area contributed by atoms with Crippen LogP contribution < -0.4 is 15.5 Å². The van der Waals surface area contributed by atoms with Crippen molar-refractivity contribution in [1.82, 2.24) is 10.2 Å². The third kappa shape index (κ3) is 5.31. The van der Waals surface area contributed by atoms with Gasteiger partial charge in [-0.25, -0.2) is 0 Å². The van der Waals surface area contributed by atoms with E-state index in [1.54, 1.807) is 24.3 Å². The standard InChI is InChI=1S/C25H27N5O3S/c1-3-7-21(31)26-19-12-10-17(11-13-19)23(33)27-25-29-28-24(34-25)18-14-22(32)30(15-18)20-9-6-5-8-16(20)4-2/h5-6,8-13,18H,3-4,7,14-15H2,1-2H3,(H,26,31)(H,27,29,33)/t18-/m1/s1. The second kappa shape index (κ2) is 10.6. The highest BCUT2D eigenvalue weighted by atomic mass is 32.1. The molecule has 1 aliphatic rings. The molecule has 1 aliphatic heterocycles. The molecule has 1 fully saturated rings. The van der Waals surface area contributed by atoms with Crippen LogP contribution in [0.4, 0.5) is 16.5 Å². The van der Waals surface area contributed by atoms with E-state index in [9.17, 15) is 14.4 Å². The summed E-state index contributed by atoms with van der Waals surface area (Å²) in [5, 5.41) is 15.0. The molecular weight excluding hydrogens is 450 g/mol. The molecule has 34 heavy (non-hydrogen) atoms. The van der Waals surface area contributed by atoms with Gasteiger partial charge in [0.05, 0.1) is 0 Å². The number of hydrogen-bond donors (Lipinski definition) is 2. The Morgan fingerprint density at radius 2 is 1.82 bits per heavy atom. The van der Waals surface area contributed by atoms with Crippen LogP contribution in [0, 0.1) is 0 Å². The molecule has 2 aromatic carbocycles. The van der Waals surface area contributed by atoms with Gasteiger partial charge in [0, 0.05) is 42.2 Å². The maximum absolute atomic E-state index is 12.7. The fraction of sp³-hybridized carbons (Fsp3) is 0.320. The molecular formula is C25H27N5O3S. The Morgan fingerprint density at radius 1 is 1.06 bits per heavy atom. The van der Waals surface area contributed by atoms with E-state index in [1.807, 2.05) is 36.1 Å². The third-order valence-electron chi connectivity index (χ3n) is 5.71. The fourth-order valence-corrected chi connectivity index (χ4v) is 4.78. The molecule has 176 valence electrons. The van der Waals surface area contributed by atoms with Gasteiger partial charge < -0.3 is 10.2 Å². The van der Waals surface area contributed by atoms with Crippen molar-refractivity contribution in [2.45, 2.75) is 45.4 Å². The topological polar surface area (TPSA) is 104 Å². The van der Waals surface area contributed by atoms with Gasteiger partial charge in [-0.1, -0.05) is 43.4 Å². The average molecular weight is 478 g/mol. The second-order valence-corrected chi connectivity index (χ2v) is 9.17. The molecule has 3 aromatic rings. The van der Waals surface area contributed by atoms with Crippen LogP contribution >= 0.6 is 11.3 Å². The summed E-state index contributed by atoms with van der Waals surface area (Å²) >= 11 is 1.29. The number of nitrogens with zero attached hydrogens (tertiary/aromatic N) is 3. The number of aryl methyl sites for hydroxylation is 1. The summed E-state index contributed by atoms with van der Waals surface area (Å²) in [6.07, 6.45) is 2.45. The zero-order chi connectivity index (χ0) is 24.1. The molecule has 3 amide bonds. The Morgan fingerprint density at radius 3 is 2.56 bits per heavy atom. The van der Waals surface area contributed by atoms with E-state index in [-0.39, 0.29) is 23.6 Å². The summed E-state index contributed by atoms with van der Waals surface area (Å²) in [6.45, 7) is 4.56. The minimum absolute atomic E-state index is 0.0526. The van der Waals surface area contributed by atoms with Crippen molar-refractivity contribution in [3.63, 3.8) is 0 Å². The Hall–Kier alpha value is -3.59. The molecule has 2 heterocycles. The van der Waals surface area contributed by atoms with E-state index >= 15 is 0 Å². The molecule has 0 saturated carbocycles. The van der Waals surface area contributed by atoms with Gasteiger partial charge in [-0.15, -0.1) is 10.2 Å². The number of carbonyl (C=O) groups excluding carboxylic acids is 3. The lowest BCUT2D eigenvalue weighted by atomic mass is 10.1. The Balaban J connectivity index is 1.38. The largest absolute Gasteiger partial charge is 0.326 e. The zero-order valence-corrected chi connectivity index (χ0v) is 20.0. The van der Waals surface area contributed by atoms with Gasteiger partial charge in [0.15, 0.2) is 0 Å². The Kier molecular flexibility index (Phi) is 7.32. The van der Waals surface area contributed by atoms with Gasteiger partial charge in [-0.2, -0.15) is 0 Å². The summed E-state index contributed by atoms with van der Waals surface area (Å²) in [5.41, 5.74) is 3.18. The van der Waals surface area contributed by atoms with Crippen LogP contribution in [-0.4, -0.2) is 34.5 Å². The van der Waals surface area contributed by atoms with Crippen molar-refractivity contribution < 1.29 is 14.4 Å². The van der Waals surface area contributed by atoms with Crippen molar-refractivity contribution in [3.8, 4) is 0 Å². The highest BCUT2D eigenvalue weighted by molar-refractivity contribution is 7.15. The Labute approximate surface area is 202 Å². The van der Waals surface area contributed by atoms with Gasteiger partial charge in [-0.3, -0.25) is 19.7 Å². The maximum Gasteiger partial charge on any atom is 0.257 e. The van der Waals surface area contributed by atoms with Crippen LogP contribution in [0.15, 0.2) is 48.5 Å². The normalized spacial score (nSPS) is 15.4. The molecule has 0 radical (unpaired) electrons. The van der Waals surface area contributed by atoms with Crippen molar-refractivity contribution in [2.75, 3.05) is 22.1 Å². The summed E-state index contributed by atoms with van der Waals surface area (Å²) in [7, 11) is 0. The van der Waals surface area contributed by atoms with E-state index in [1.165, 1.54) is 11.3 Å². The number of anilines is 3. The quantitative estimate of drug-likeness (QED) is 0.493. The number of aromatic nitrogens is 2. The summed E-state index contributed by atoms with van der Waals surface area (Å²) in [6, 6.07) is 14.6. The van der Waals surface area contributed by atoms with Crippen LogP contribution in [0.25, 0.3) is 0 Å². The average Bonchev–Trinajstić information content (AvgIpc) is 3.46. The van der Waals surface area contributed by atoms with E-state index in [0.29, 0.717) is 35.8 Å². The number of hydrogen-bond acceptors (Lipinski definition) is 6. The predicted molar refractivity (Wildman–Crippen MR) is 133 cm³/mol. The van der Waals surface area contributed by atoms with Crippen molar-refractivity contribution in [2.24, 2.45) is 0 Å². The molecule has 0 aliphatic carbocycles. The van der Waals surface area contributed by atoms with Gasteiger partial charge in [-0.05, 0) is 48.7 Å². The lowest BCUT2D eigenvalue weighted by molar-refractivity contribution is -0.117. The maximum atomic E-state index is 12.7. The van der Waals surface area contributed by atoms with Crippen molar-refractivity contribution >= 4 is 45.6 Å². The van der Waals surface area contributed by atoms with E-state index in [0.717, 1.165) is 29.1 Å². The van der Waals surface area contributed by atoms with E-state index < -0.39 is 0 Å². The number of nitrogens with one attached hydrogen (secondary N) is 2. The molecule has 1 saturated heterocycles. The molecule has 0 bridgehead atoms. The summed E-state index contributed by atoms with van der Waals surface area (Å²) in [4.78, 5) is 38.9. The number of carbonyl (C=O) groups is 3. The van der Waals surface area contributed by atoms with Crippen LogP contribution in [-0.2, 0) is 16.0 Å². The predicted octanol–water partition coefficient (Wildman–Crippen LogP) is 4.61. The number of para-hydroxylation sites is 1. The monoisotopic (exact) mass is 477 g/mol. The van der Waals surface area contributed by atoms with Crippen molar-refractivity contribution in [1.29, 1.82) is 0 Å². The van der Waals surface area contributed by atoms with E-state index in [2.05, 4.69) is 27.8 Å². The second-order valence-electron chi connectivity index (χ2n) is 8.16. The summed E-state index contributed by atoms with van der Waals surface area (Å²) in [5.74, 6) is -0.359. The minimum atomic E-state index is -0.310. The van der Waals surface area contributed by atoms with Gasteiger partial charge in [0.25, 0.3) is 5.91 Å².